The van der Waals surface area contributed by atoms with E-state index >= 15 is 0 Å². The number of amides is 1. The number of carbonyl (C=O) groups is 1. The van der Waals surface area contributed by atoms with E-state index in [1.54, 1.807) is 6.08 Å². The molecule has 4 nitrogen and oxygen atoms in total. The molecule has 0 spiro atoms. The number of nitrogens with one attached hydrogen (secondary N) is 1. The van der Waals surface area contributed by atoms with Crippen LogP contribution in [0.2, 0.25) is 0 Å². The van der Waals surface area contributed by atoms with Gasteiger partial charge in [0.1, 0.15) is 0 Å². The van der Waals surface area contributed by atoms with Crippen LogP contribution in [-0.2, 0) is 9.53 Å². The zero-order valence-electron chi connectivity index (χ0n) is 8.85. The molecule has 1 aliphatic rings. The van der Waals surface area contributed by atoms with Crippen molar-refractivity contribution in [2.45, 2.75) is 6.04 Å². The molecule has 4 heteroatoms. The molecule has 1 fully saturated rings. The minimum atomic E-state index is -0.101. The molecule has 0 aliphatic carbocycles. The summed E-state index contributed by atoms with van der Waals surface area (Å²) in [6.45, 7) is 1.22. The second-order valence-electron chi connectivity index (χ2n) is 3.75. The highest BCUT2D eigenvalue weighted by molar-refractivity contribution is 5.92. The lowest BCUT2D eigenvalue weighted by atomic mass is 10.2. The van der Waals surface area contributed by atoms with Gasteiger partial charge in [0.25, 0.3) is 0 Å². The number of nitrogen functional groups attached to an aromatic ring is 1. The molecule has 3 N–H and O–H groups in total. The molecular formula is C12H14N2O2. The fourth-order valence-electron chi connectivity index (χ4n) is 1.40. The molecule has 0 saturated carbocycles. The minimum Gasteiger partial charge on any atom is -0.399 e. The van der Waals surface area contributed by atoms with E-state index in [1.165, 1.54) is 6.08 Å². The van der Waals surface area contributed by atoms with Gasteiger partial charge >= 0.3 is 0 Å². The Labute approximate surface area is 94.1 Å². The predicted molar refractivity (Wildman–Crippen MR) is 62.6 cm³/mol. The first-order valence-corrected chi connectivity index (χ1v) is 5.16. The van der Waals surface area contributed by atoms with E-state index in [0.717, 1.165) is 5.56 Å². The summed E-state index contributed by atoms with van der Waals surface area (Å²) in [4.78, 5) is 11.4. The SMILES string of the molecule is Nc1cccc(/C=C/C(=O)NC2COC2)c1. The van der Waals surface area contributed by atoms with Crippen LogP contribution in [0.3, 0.4) is 0 Å². The van der Waals surface area contributed by atoms with Crippen molar-refractivity contribution in [1.82, 2.24) is 5.32 Å². The Morgan fingerprint density at radius 1 is 1.50 bits per heavy atom. The van der Waals surface area contributed by atoms with Gasteiger partial charge in [-0.05, 0) is 23.8 Å². The molecule has 1 amide bonds. The zero-order chi connectivity index (χ0) is 11.4. The van der Waals surface area contributed by atoms with Crippen LogP contribution in [0.4, 0.5) is 5.69 Å². The number of carbonyl (C=O) groups excluding carboxylic acids is 1. The maximum atomic E-state index is 11.4. The van der Waals surface area contributed by atoms with Crippen molar-refractivity contribution in [3.05, 3.63) is 35.9 Å². The molecule has 1 aromatic carbocycles. The number of nitrogens with two attached hydrogens (primary N) is 1. The Morgan fingerprint density at radius 3 is 2.94 bits per heavy atom. The van der Waals surface area contributed by atoms with Crippen molar-refractivity contribution in [3.63, 3.8) is 0 Å². The Morgan fingerprint density at radius 2 is 2.31 bits per heavy atom. The lowest BCUT2D eigenvalue weighted by Crippen LogP contribution is -2.48. The first-order valence-electron chi connectivity index (χ1n) is 5.16. The summed E-state index contributed by atoms with van der Waals surface area (Å²) >= 11 is 0. The number of hydrogen-bond donors (Lipinski definition) is 2. The van der Waals surface area contributed by atoms with Gasteiger partial charge < -0.3 is 15.8 Å². The van der Waals surface area contributed by atoms with Gasteiger partial charge in [0.05, 0.1) is 19.3 Å². The minimum absolute atomic E-state index is 0.101. The summed E-state index contributed by atoms with van der Waals surface area (Å²) in [5, 5.41) is 2.82. The summed E-state index contributed by atoms with van der Waals surface area (Å²) in [5.41, 5.74) is 7.23. The Balaban J connectivity index is 1.90. The van der Waals surface area contributed by atoms with Crippen LogP contribution in [0.25, 0.3) is 6.08 Å². The summed E-state index contributed by atoms with van der Waals surface area (Å²) in [6, 6.07) is 7.54. The second-order valence-corrected chi connectivity index (χ2v) is 3.75. The predicted octanol–water partition coefficient (Wildman–Crippen LogP) is 0.797. The average Bonchev–Trinajstić information content (AvgIpc) is 2.21. The summed E-state index contributed by atoms with van der Waals surface area (Å²) in [7, 11) is 0. The normalized spacial score (nSPS) is 16.0. The van der Waals surface area contributed by atoms with Gasteiger partial charge in [0, 0.05) is 11.8 Å². The third kappa shape index (κ3) is 2.84. The smallest absolute Gasteiger partial charge is 0.244 e. The summed E-state index contributed by atoms with van der Waals surface area (Å²) in [5.74, 6) is -0.101. The highest BCUT2D eigenvalue weighted by Crippen LogP contribution is 2.08. The van der Waals surface area contributed by atoms with Crippen molar-refractivity contribution in [2.75, 3.05) is 18.9 Å². The van der Waals surface area contributed by atoms with Crippen LogP contribution in [0, 0.1) is 0 Å². The van der Waals surface area contributed by atoms with E-state index in [9.17, 15) is 4.79 Å². The zero-order valence-corrected chi connectivity index (χ0v) is 8.85. The van der Waals surface area contributed by atoms with Crippen LogP contribution in [0.5, 0.6) is 0 Å². The monoisotopic (exact) mass is 218 g/mol. The maximum Gasteiger partial charge on any atom is 0.244 e. The summed E-state index contributed by atoms with van der Waals surface area (Å²) < 4.78 is 4.96. The number of anilines is 1. The van der Waals surface area contributed by atoms with Gasteiger partial charge in [-0.25, -0.2) is 0 Å². The third-order valence-corrected chi connectivity index (χ3v) is 2.32. The lowest BCUT2D eigenvalue weighted by Gasteiger charge is -2.26. The molecule has 0 unspecified atom stereocenters. The average molecular weight is 218 g/mol. The van der Waals surface area contributed by atoms with Crippen molar-refractivity contribution >= 4 is 17.7 Å². The quantitative estimate of drug-likeness (QED) is 0.582. The topological polar surface area (TPSA) is 64.4 Å². The maximum absolute atomic E-state index is 11.4. The molecular weight excluding hydrogens is 204 g/mol. The van der Waals surface area contributed by atoms with Gasteiger partial charge in [-0.2, -0.15) is 0 Å². The standard InChI is InChI=1S/C12H14N2O2/c13-10-3-1-2-9(6-10)4-5-12(15)14-11-7-16-8-11/h1-6,11H,7-8,13H2,(H,14,15)/b5-4+. The molecule has 0 atom stereocenters. The molecule has 1 heterocycles. The van der Waals surface area contributed by atoms with Crippen molar-refractivity contribution in [2.24, 2.45) is 0 Å². The highest BCUT2D eigenvalue weighted by atomic mass is 16.5. The molecule has 84 valence electrons. The Bertz CT molecular complexity index is 411. The first kappa shape index (κ1) is 10.7. The van der Waals surface area contributed by atoms with Gasteiger partial charge in [-0.3, -0.25) is 4.79 Å². The first-order chi connectivity index (χ1) is 7.74. The van der Waals surface area contributed by atoms with Crippen LogP contribution in [0.1, 0.15) is 5.56 Å². The molecule has 1 aliphatic heterocycles. The molecule has 2 rings (SSSR count). The highest BCUT2D eigenvalue weighted by Gasteiger charge is 2.18. The van der Waals surface area contributed by atoms with Crippen molar-refractivity contribution in [3.8, 4) is 0 Å². The van der Waals surface area contributed by atoms with Crippen LogP contribution >= 0.6 is 0 Å². The van der Waals surface area contributed by atoms with E-state index in [-0.39, 0.29) is 11.9 Å². The lowest BCUT2D eigenvalue weighted by molar-refractivity contribution is -0.120. The largest absolute Gasteiger partial charge is 0.399 e. The van der Waals surface area contributed by atoms with Crippen molar-refractivity contribution < 1.29 is 9.53 Å². The van der Waals surface area contributed by atoms with Crippen LogP contribution in [-0.4, -0.2) is 25.2 Å². The number of ether oxygens (including phenoxy) is 1. The molecule has 16 heavy (non-hydrogen) atoms. The van der Waals surface area contributed by atoms with E-state index in [0.29, 0.717) is 18.9 Å². The van der Waals surface area contributed by atoms with Gasteiger partial charge in [0.2, 0.25) is 5.91 Å². The molecule has 0 aromatic heterocycles. The van der Waals surface area contributed by atoms with E-state index in [1.807, 2.05) is 24.3 Å². The van der Waals surface area contributed by atoms with Gasteiger partial charge in [-0.1, -0.05) is 12.1 Å². The molecule has 0 bridgehead atoms. The van der Waals surface area contributed by atoms with E-state index in [4.69, 9.17) is 10.5 Å². The van der Waals surface area contributed by atoms with Crippen LogP contribution < -0.4 is 11.1 Å². The number of rotatable bonds is 3. The van der Waals surface area contributed by atoms with E-state index < -0.39 is 0 Å². The molecule has 1 aromatic rings. The molecule has 0 radical (unpaired) electrons. The van der Waals surface area contributed by atoms with Crippen LogP contribution in [0.15, 0.2) is 30.3 Å². The fraction of sp³-hybridized carbons (Fsp3) is 0.250. The van der Waals surface area contributed by atoms with Crippen molar-refractivity contribution in [1.29, 1.82) is 0 Å². The van der Waals surface area contributed by atoms with E-state index in [2.05, 4.69) is 5.32 Å². The summed E-state index contributed by atoms with van der Waals surface area (Å²) in [6.07, 6.45) is 3.25. The third-order valence-electron chi connectivity index (χ3n) is 2.32. The van der Waals surface area contributed by atoms with Gasteiger partial charge in [-0.15, -0.1) is 0 Å². The second kappa shape index (κ2) is 4.81. The number of hydrogen-bond acceptors (Lipinski definition) is 3. The Hall–Kier alpha value is -1.81. The van der Waals surface area contributed by atoms with Gasteiger partial charge in [0.15, 0.2) is 0 Å². The fourth-order valence-corrected chi connectivity index (χ4v) is 1.40. The molecule has 1 saturated heterocycles. The Kier molecular flexibility index (Phi) is 3.22. The number of benzene rings is 1.